The monoisotopic (exact) mass is 168 g/mol. The summed E-state index contributed by atoms with van der Waals surface area (Å²) in [5.74, 6) is 0.0995. The maximum atomic E-state index is 10.8. The van der Waals surface area contributed by atoms with Crippen molar-refractivity contribution in [3.63, 3.8) is 0 Å². The zero-order valence-corrected chi connectivity index (χ0v) is 7.81. The Kier molecular flexibility index (Phi) is 3.57. The summed E-state index contributed by atoms with van der Waals surface area (Å²) in [4.78, 5) is 10.8. The quantitative estimate of drug-likeness (QED) is 0.584. The first-order valence-electron chi connectivity index (χ1n) is 4.97. The van der Waals surface area contributed by atoms with E-state index in [-0.39, 0.29) is 11.8 Å². The number of hydrogen-bond acceptors (Lipinski definition) is 1. The van der Waals surface area contributed by atoms with Gasteiger partial charge < -0.3 is 0 Å². The first-order valence-corrected chi connectivity index (χ1v) is 4.97. The fourth-order valence-corrected chi connectivity index (χ4v) is 2.03. The molecule has 0 bridgehead atoms. The van der Waals surface area contributed by atoms with Crippen molar-refractivity contribution in [2.45, 2.75) is 45.4 Å². The van der Waals surface area contributed by atoms with Crippen LogP contribution in [0.25, 0.3) is 0 Å². The number of rotatable bonds is 2. The van der Waals surface area contributed by atoms with Gasteiger partial charge in [-0.15, -0.1) is 0 Å². The zero-order valence-electron chi connectivity index (χ0n) is 7.81. The second kappa shape index (κ2) is 4.48. The van der Waals surface area contributed by atoms with Gasteiger partial charge >= 0.3 is 0 Å². The predicted octanol–water partition coefficient (Wildman–Crippen LogP) is 2.40. The Hall–Kier alpha value is -0.530. The van der Waals surface area contributed by atoms with E-state index in [1.807, 2.05) is 6.92 Å². The normalized spacial score (nSPS) is 23.1. The molecule has 1 N–H and O–H groups in total. The van der Waals surface area contributed by atoms with E-state index in [0.717, 1.165) is 12.8 Å². The molecule has 1 fully saturated rings. The molecule has 1 atom stereocenters. The van der Waals surface area contributed by atoms with Gasteiger partial charge in [-0.3, -0.25) is 10.5 Å². The molecule has 0 heterocycles. The Morgan fingerprint density at radius 3 is 2.17 bits per heavy atom. The first kappa shape index (κ1) is 9.56. The molecule has 1 aliphatic rings. The number of carbonyl (C=O) groups is 1. The third kappa shape index (κ3) is 2.50. The molecule has 1 amide bonds. The van der Waals surface area contributed by atoms with Crippen LogP contribution in [0, 0.1) is 11.8 Å². The van der Waals surface area contributed by atoms with E-state index in [9.17, 15) is 4.79 Å². The lowest BCUT2D eigenvalue weighted by Gasteiger charge is -2.18. The van der Waals surface area contributed by atoms with Crippen LogP contribution in [0.15, 0.2) is 0 Å². The minimum atomic E-state index is -0.373. The van der Waals surface area contributed by atoms with Crippen LogP contribution >= 0.6 is 0 Å². The smallest absolute Gasteiger partial charge is 0.241 e. The van der Waals surface area contributed by atoms with Crippen LogP contribution in [0.2, 0.25) is 0 Å². The first-order chi connectivity index (χ1) is 5.72. The minimum Gasteiger partial charge on any atom is -0.273 e. The molecule has 1 rings (SSSR count). The molecule has 0 aromatic carbocycles. The van der Waals surface area contributed by atoms with Gasteiger partial charge in [0.2, 0.25) is 5.91 Å². The second-order valence-corrected chi connectivity index (χ2v) is 3.90. The molecule has 2 nitrogen and oxygen atoms in total. The summed E-state index contributed by atoms with van der Waals surface area (Å²) in [7, 11) is 0. The van der Waals surface area contributed by atoms with Crippen molar-refractivity contribution in [2.75, 3.05) is 0 Å². The summed E-state index contributed by atoms with van der Waals surface area (Å²) in [5, 5.41) is 0. The summed E-state index contributed by atoms with van der Waals surface area (Å²) < 4.78 is 0. The molecule has 0 aromatic heterocycles. The van der Waals surface area contributed by atoms with Crippen molar-refractivity contribution in [1.29, 1.82) is 0 Å². The van der Waals surface area contributed by atoms with Crippen LogP contribution in [-0.4, -0.2) is 5.91 Å². The predicted molar refractivity (Wildman–Crippen MR) is 48.5 cm³/mol. The number of nitrogens with one attached hydrogen (secondary N) is 1. The Labute approximate surface area is 74.5 Å². The Morgan fingerprint density at radius 1 is 1.25 bits per heavy atom. The molecule has 0 aliphatic heterocycles. The summed E-state index contributed by atoms with van der Waals surface area (Å²) in [6.07, 6.45) is 7.45. The van der Waals surface area contributed by atoms with Gasteiger partial charge in [-0.05, 0) is 18.8 Å². The highest BCUT2D eigenvalue weighted by atomic mass is 16.1. The second-order valence-electron chi connectivity index (χ2n) is 3.90. The van der Waals surface area contributed by atoms with Gasteiger partial charge in [-0.2, -0.15) is 0 Å². The summed E-state index contributed by atoms with van der Waals surface area (Å²) >= 11 is 0. The molecular formula is C10H18NO. The standard InChI is InChI=1S/C10H18NO/c1-8(10(11)12)9-6-4-2-3-5-7-9/h8-9,11H,2-7H2,1H3. The van der Waals surface area contributed by atoms with Crippen molar-refractivity contribution in [2.24, 2.45) is 11.8 Å². The topological polar surface area (TPSA) is 40.9 Å². The van der Waals surface area contributed by atoms with Gasteiger partial charge in [0.15, 0.2) is 0 Å². The average Bonchev–Trinajstić information content (AvgIpc) is 2.30. The van der Waals surface area contributed by atoms with Crippen LogP contribution in [0.3, 0.4) is 0 Å². The van der Waals surface area contributed by atoms with Gasteiger partial charge in [-0.1, -0.05) is 32.6 Å². The largest absolute Gasteiger partial charge is 0.273 e. The van der Waals surface area contributed by atoms with Gasteiger partial charge in [0, 0.05) is 5.92 Å². The van der Waals surface area contributed by atoms with E-state index in [1.54, 1.807) is 0 Å². The maximum Gasteiger partial charge on any atom is 0.241 e. The van der Waals surface area contributed by atoms with E-state index < -0.39 is 0 Å². The molecule has 1 saturated carbocycles. The minimum absolute atomic E-state index is 0.0249. The summed E-state index contributed by atoms with van der Waals surface area (Å²) in [5.41, 5.74) is 7.05. The van der Waals surface area contributed by atoms with Crippen molar-refractivity contribution < 1.29 is 4.79 Å². The third-order valence-electron chi connectivity index (χ3n) is 3.02. The Bertz CT molecular complexity index is 148. The number of hydrogen-bond donors (Lipinski definition) is 0. The molecule has 1 unspecified atom stereocenters. The Morgan fingerprint density at radius 2 is 1.75 bits per heavy atom. The summed E-state index contributed by atoms with van der Waals surface area (Å²) in [6.45, 7) is 1.91. The zero-order chi connectivity index (χ0) is 8.97. The fourth-order valence-electron chi connectivity index (χ4n) is 2.03. The molecular weight excluding hydrogens is 150 g/mol. The van der Waals surface area contributed by atoms with Crippen molar-refractivity contribution in [1.82, 2.24) is 5.73 Å². The van der Waals surface area contributed by atoms with E-state index in [4.69, 9.17) is 5.73 Å². The molecule has 0 saturated heterocycles. The van der Waals surface area contributed by atoms with Gasteiger partial charge in [0.05, 0.1) is 0 Å². The van der Waals surface area contributed by atoms with E-state index in [2.05, 4.69) is 0 Å². The molecule has 69 valence electrons. The molecule has 0 aromatic rings. The summed E-state index contributed by atoms with van der Waals surface area (Å²) in [6, 6.07) is 0. The number of amides is 1. The highest BCUT2D eigenvalue weighted by molar-refractivity contribution is 5.75. The van der Waals surface area contributed by atoms with Crippen molar-refractivity contribution in [3.05, 3.63) is 0 Å². The number of carbonyl (C=O) groups excluding carboxylic acids is 1. The van der Waals surface area contributed by atoms with Crippen LogP contribution in [0.1, 0.15) is 45.4 Å². The third-order valence-corrected chi connectivity index (χ3v) is 3.02. The van der Waals surface area contributed by atoms with Gasteiger partial charge in [-0.25, -0.2) is 0 Å². The van der Waals surface area contributed by atoms with Crippen LogP contribution < -0.4 is 5.73 Å². The molecule has 2 heteroatoms. The van der Waals surface area contributed by atoms with Gasteiger partial charge in [0.1, 0.15) is 0 Å². The highest BCUT2D eigenvalue weighted by Gasteiger charge is 2.22. The van der Waals surface area contributed by atoms with E-state index in [1.165, 1.54) is 25.7 Å². The van der Waals surface area contributed by atoms with Crippen molar-refractivity contribution >= 4 is 5.91 Å². The Balaban J connectivity index is 2.42. The maximum absolute atomic E-state index is 10.8. The highest BCUT2D eigenvalue weighted by Crippen LogP contribution is 2.28. The lowest BCUT2D eigenvalue weighted by Crippen LogP contribution is -2.21. The lowest BCUT2D eigenvalue weighted by atomic mass is 9.87. The molecule has 0 spiro atoms. The lowest BCUT2D eigenvalue weighted by molar-refractivity contribution is -0.123. The van der Waals surface area contributed by atoms with Crippen LogP contribution in [0.5, 0.6) is 0 Å². The van der Waals surface area contributed by atoms with E-state index >= 15 is 0 Å². The van der Waals surface area contributed by atoms with E-state index in [0.29, 0.717) is 5.92 Å². The van der Waals surface area contributed by atoms with Crippen LogP contribution in [0.4, 0.5) is 0 Å². The average molecular weight is 168 g/mol. The van der Waals surface area contributed by atoms with Crippen molar-refractivity contribution in [3.8, 4) is 0 Å². The molecule has 1 radical (unpaired) electrons. The van der Waals surface area contributed by atoms with Gasteiger partial charge in [0.25, 0.3) is 0 Å². The fraction of sp³-hybridized carbons (Fsp3) is 0.900. The SMILES string of the molecule is CC(C([NH])=O)C1CCCCCC1. The molecule has 12 heavy (non-hydrogen) atoms. The molecule has 1 aliphatic carbocycles. The van der Waals surface area contributed by atoms with Crippen LogP contribution in [-0.2, 0) is 4.79 Å².